The maximum Gasteiger partial charge on any atom is 0.226 e. The lowest BCUT2D eigenvalue weighted by atomic mass is 10.1. The molecule has 1 amide bonds. The highest BCUT2D eigenvalue weighted by Crippen LogP contribution is 2.24. The zero-order valence-electron chi connectivity index (χ0n) is 16.2. The minimum atomic E-state index is 0.0514. The van der Waals surface area contributed by atoms with Crippen molar-refractivity contribution in [2.75, 3.05) is 39.4 Å². The van der Waals surface area contributed by atoms with E-state index in [2.05, 4.69) is 41.4 Å². The van der Waals surface area contributed by atoms with Crippen LogP contribution in [0.15, 0.2) is 35.8 Å². The second kappa shape index (κ2) is 8.86. The summed E-state index contributed by atoms with van der Waals surface area (Å²) >= 11 is 1.58. The summed E-state index contributed by atoms with van der Waals surface area (Å²) in [4.78, 5) is 20.3. The molecule has 1 aliphatic rings. The van der Waals surface area contributed by atoms with Crippen LogP contribution in [0.1, 0.15) is 18.2 Å². The highest BCUT2D eigenvalue weighted by atomic mass is 32.1. The summed E-state index contributed by atoms with van der Waals surface area (Å²) in [6.07, 6.45) is 3.43. The number of morpholine rings is 1. The molecule has 6 nitrogen and oxygen atoms in total. The smallest absolute Gasteiger partial charge is 0.226 e. The van der Waals surface area contributed by atoms with E-state index in [1.807, 2.05) is 16.0 Å². The van der Waals surface area contributed by atoms with Crippen molar-refractivity contribution in [2.45, 2.75) is 19.8 Å². The van der Waals surface area contributed by atoms with E-state index in [1.165, 1.54) is 5.56 Å². The fraction of sp³-hybridized carbons (Fsp3) is 0.429. The standard InChI is InChI=1S/C21H26N4O2S/c1-2-16-3-5-17(6-4-16)19-14-25-18(15-28-21(25)23-19)13-20(26)22-7-8-24-9-11-27-12-10-24/h3-6,14-15H,2,7-13H2,1H3,(H,22,26). The number of aromatic nitrogens is 2. The number of hydrogen-bond acceptors (Lipinski definition) is 5. The SMILES string of the molecule is CCc1ccc(-c2cn3c(CC(=O)NCCN4CCOCC4)csc3n2)cc1. The van der Waals surface area contributed by atoms with E-state index in [9.17, 15) is 4.79 Å². The fourth-order valence-corrected chi connectivity index (χ4v) is 4.28. The molecule has 0 aliphatic carbocycles. The summed E-state index contributed by atoms with van der Waals surface area (Å²) in [6.45, 7) is 7.15. The molecule has 1 saturated heterocycles. The third kappa shape index (κ3) is 4.43. The number of carbonyl (C=O) groups is 1. The van der Waals surface area contributed by atoms with Gasteiger partial charge in [-0.3, -0.25) is 14.1 Å². The number of thiazole rings is 1. The van der Waals surface area contributed by atoms with Crippen molar-refractivity contribution >= 4 is 22.2 Å². The van der Waals surface area contributed by atoms with Crippen LogP contribution in [0.3, 0.4) is 0 Å². The van der Waals surface area contributed by atoms with Gasteiger partial charge in [-0.05, 0) is 12.0 Å². The van der Waals surface area contributed by atoms with Crippen molar-refractivity contribution in [2.24, 2.45) is 0 Å². The lowest BCUT2D eigenvalue weighted by Crippen LogP contribution is -2.41. The molecule has 1 N–H and O–H groups in total. The molecule has 3 heterocycles. The van der Waals surface area contributed by atoms with Gasteiger partial charge in [0.05, 0.1) is 25.3 Å². The maximum absolute atomic E-state index is 12.4. The lowest BCUT2D eigenvalue weighted by molar-refractivity contribution is -0.120. The number of rotatable bonds is 7. The summed E-state index contributed by atoms with van der Waals surface area (Å²) in [5.41, 5.74) is 4.35. The first-order chi connectivity index (χ1) is 13.7. The van der Waals surface area contributed by atoms with Gasteiger partial charge in [0.1, 0.15) is 0 Å². The molecule has 0 bridgehead atoms. The van der Waals surface area contributed by atoms with E-state index >= 15 is 0 Å². The molecule has 0 unspecified atom stereocenters. The Bertz CT molecular complexity index is 926. The second-order valence-corrected chi connectivity index (χ2v) is 7.87. The number of fused-ring (bicyclic) bond motifs is 1. The van der Waals surface area contributed by atoms with Gasteiger partial charge in [0.15, 0.2) is 4.96 Å². The van der Waals surface area contributed by atoms with Gasteiger partial charge in [0.2, 0.25) is 5.91 Å². The normalized spacial score (nSPS) is 15.2. The molecular formula is C21H26N4O2S. The van der Waals surface area contributed by atoms with Crippen molar-refractivity contribution in [1.82, 2.24) is 19.6 Å². The summed E-state index contributed by atoms with van der Waals surface area (Å²) in [5.74, 6) is 0.0514. The van der Waals surface area contributed by atoms with E-state index < -0.39 is 0 Å². The number of benzene rings is 1. The summed E-state index contributed by atoms with van der Waals surface area (Å²) in [7, 11) is 0. The highest BCUT2D eigenvalue weighted by molar-refractivity contribution is 7.15. The van der Waals surface area contributed by atoms with Crippen LogP contribution in [0.4, 0.5) is 0 Å². The van der Waals surface area contributed by atoms with Crippen molar-refractivity contribution in [3.8, 4) is 11.3 Å². The Balaban J connectivity index is 1.37. The van der Waals surface area contributed by atoms with Crippen LogP contribution >= 0.6 is 11.3 Å². The number of hydrogen-bond donors (Lipinski definition) is 1. The topological polar surface area (TPSA) is 58.9 Å². The van der Waals surface area contributed by atoms with Crippen LogP contribution in [0.25, 0.3) is 16.2 Å². The van der Waals surface area contributed by atoms with Crippen LogP contribution in [-0.4, -0.2) is 59.6 Å². The predicted molar refractivity (Wildman–Crippen MR) is 112 cm³/mol. The van der Waals surface area contributed by atoms with Crippen LogP contribution < -0.4 is 5.32 Å². The van der Waals surface area contributed by atoms with Crippen molar-refractivity contribution in [3.05, 3.63) is 47.1 Å². The van der Waals surface area contributed by atoms with Crippen molar-refractivity contribution in [3.63, 3.8) is 0 Å². The Morgan fingerprint density at radius 2 is 2.04 bits per heavy atom. The number of carbonyl (C=O) groups excluding carboxylic acids is 1. The van der Waals surface area contributed by atoms with Crippen molar-refractivity contribution in [1.29, 1.82) is 0 Å². The average molecular weight is 399 g/mol. The van der Waals surface area contributed by atoms with E-state index in [4.69, 9.17) is 9.72 Å². The molecule has 0 atom stereocenters. The first-order valence-corrected chi connectivity index (χ1v) is 10.7. The Morgan fingerprint density at radius 1 is 1.25 bits per heavy atom. The predicted octanol–water partition coefficient (Wildman–Crippen LogP) is 2.62. The van der Waals surface area contributed by atoms with Gasteiger partial charge >= 0.3 is 0 Å². The Morgan fingerprint density at radius 3 is 2.79 bits per heavy atom. The van der Waals surface area contributed by atoms with Gasteiger partial charge < -0.3 is 10.1 Å². The monoisotopic (exact) mass is 398 g/mol. The van der Waals surface area contributed by atoms with E-state index in [0.29, 0.717) is 13.0 Å². The van der Waals surface area contributed by atoms with E-state index in [-0.39, 0.29) is 5.91 Å². The minimum absolute atomic E-state index is 0.0514. The Labute approximate surface area is 169 Å². The highest BCUT2D eigenvalue weighted by Gasteiger charge is 2.14. The Kier molecular flexibility index (Phi) is 6.04. The third-order valence-electron chi connectivity index (χ3n) is 5.14. The minimum Gasteiger partial charge on any atom is -0.379 e. The largest absolute Gasteiger partial charge is 0.379 e. The van der Waals surface area contributed by atoms with Gasteiger partial charge in [-0.15, -0.1) is 11.3 Å². The molecule has 3 aromatic rings. The number of nitrogens with zero attached hydrogens (tertiary/aromatic N) is 3. The molecule has 4 rings (SSSR count). The third-order valence-corrected chi connectivity index (χ3v) is 6.03. The fourth-order valence-electron chi connectivity index (χ4n) is 3.41. The molecule has 1 aliphatic heterocycles. The quantitative estimate of drug-likeness (QED) is 0.665. The molecule has 0 saturated carbocycles. The van der Waals surface area contributed by atoms with Gasteiger partial charge in [-0.1, -0.05) is 31.2 Å². The molecule has 28 heavy (non-hydrogen) atoms. The molecule has 148 valence electrons. The maximum atomic E-state index is 12.4. The molecule has 0 spiro atoms. The number of nitrogens with one attached hydrogen (secondary N) is 1. The van der Waals surface area contributed by atoms with Crippen molar-refractivity contribution < 1.29 is 9.53 Å². The van der Waals surface area contributed by atoms with Gasteiger partial charge in [-0.2, -0.15) is 0 Å². The Hall–Kier alpha value is -2.22. The number of amides is 1. The van der Waals surface area contributed by atoms with Gasteiger partial charge in [0, 0.05) is 49.0 Å². The number of imidazole rings is 1. The van der Waals surface area contributed by atoms with E-state index in [0.717, 1.165) is 61.2 Å². The average Bonchev–Trinajstić information content (AvgIpc) is 3.31. The number of aryl methyl sites for hydroxylation is 1. The summed E-state index contributed by atoms with van der Waals surface area (Å²) in [6, 6.07) is 8.52. The van der Waals surface area contributed by atoms with E-state index in [1.54, 1.807) is 11.3 Å². The zero-order valence-corrected chi connectivity index (χ0v) is 17.0. The molecule has 0 radical (unpaired) electrons. The van der Waals surface area contributed by atoms with Crippen LogP contribution in [0, 0.1) is 0 Å². The number of ether oxygens (including phenoxy) is 1. The lowest BCUT2D eigenvalue weighted by Gasteiger charge is -2.26. The summed E-state index contributed by atoms with van der Waals surface area (Å²) < 4.78 is 7.38. The second-order valence-electron chi connectivity index (χ2n) is 7.04. The molecule has 1 fully saturated rings. The molecule has 1 aromatic carbocycles. The summed E-state index contributed by atoms with van der Waals surface area (Å²) in [5, 5.41) is 5.06. The zero-order chi connectivity index (χ0) is 19.3. The molecular weight excluding hydrogens is 372 g/mol. The first kappa shape index (κ1) is 19.1. The van der Waals surface area contributed by atoms with Crippen LogP contribution in [-0.2, 0) is 22.4 Å². The van der Waals surface area contributed by atoms with Crippen LogP contribution in [0.2, 0.25) is 0 Å². The van der Waals surface area contributed by atoms with Crippen LogP contribution in [0.5, 0.6) is 0 Å². The van der Waals surface area contributed by atoms with Gasteiger partial charge in [-0.25, -0.2) is 4.98 Å². The molecule has 2 aromatic heterocycles. The van der Waals surface area contributed by atoms with Gasteiger partial charge in [0.25, 0.3) is 0 Å². The molecule has 7 heteroatoms. The first-order valence-electron chi connectivity index (χ1n) is 9.84.